The lowest BCUT2D eigenvalue weighted by atomic mass is 9.77. The van der Waals surface area contributed by atoms with Crippen LogP contribution in [0, 0.1) is 11.7 Å². The Labute approximate surface area is 258 Å². The SMILES string of the molecule is CC(C)C(N)C(=O)N(C)[C@H]1C[C@@H](c2cccc(C(F)(F)F)c2)CC[C@@H]1Nc1cc(F)c(S(=O)(=O)Nc2ccncn2)cc1Cl. The molecule has 15 heteroatoms. The predicted molar refractivity (Wildman–Crippen MR) is 159 cm³/mol. The van der Waals surface area contributed by atoms with E-state index in [1.807, 2.05) is 0 Å². The molecule has 238 valence electrons. The molecule has 4 N–H and O–H groups in total. The van der Waals surface area contributed by atoms with Gasteiger partial charge in [-0.05, 0) is 60.9 Å². The zero-order chi connectivity index (χ0) is 32.4. The largest absolute Gasteiger partial charge is 0.416 e. The van der Waals surface area contributed by atoms with E-state index in [4.69, 9.17) is 17.3 Å². The molecule has 9 nitrogen and oxygen atoms in total. The normalized spacial score (nSPS) is 19.8. The third kappa shape index (κ3) is 7.59. The number of hydrogen-bond acceptors (Lipinski definition) is 7. The molecule has 1 saturated carbocycles. The van der Waals surface area contributed by atoms with E-state index in [0.717, 1.165) is 30.6 Å². The first kappa shape index (κ1) is 33.4. The highest BCUT2D eigenvalue weighted by atomic mass is 35.5. The summed E-state index contributed by atoms with van der Waals surface area (Å²) in [4.78, 5) is 21.6. The molecule has 1 amide bonds. The maximum absolute atomic E-state index is 15.3. The standard InChI is InChI=1S/C29H33ClF4N6O3S/c1-16(2)27(35)28(41)40(3)24-12-18(17-5-4-6-19(11-17)29(32,33)34)7-8-22(24)38-23-14-21(31)25(13-20(23)30)44(42,43)39-26-9-10-36-15-37-26/h4-6,9-11,13-16,18,22,24,27,38H,7-8,12,35H2,1-3H3,(H,36,37,39)/t18-,22-,24-,27?/m0/s1. The summed E-state index contributed by atoms with van der Waals surface area (Å²) in [7, 11) is -2.82. The molecule has 1 heterocycles. The van der Waals surface area contributed by atoms with Crippen LogP contribution < -0.4 is 15.8 Å². The van der Waals surface area contributed by atoms with Crippen molar-refractivity contribution >= 4 is 39.0 Å². The van der Waals surface area contributed by atoms with E-state index in [-0.39, 0.29) is 34.3 Å². The van der Waals surface area contributed by atoms with Gasteiger partial charge in [-0.1, -0.05) is 43.6 Å². The third-order valence-electron chi connectivity index (χ3n) is 7.82. The number of nitrogens with zero attached hydrogens (tertiary/aromatic N) is 3. The molecule has 1 aliphatic rings. The van der Waals surface area contributed by atoms with E-state index in [0.29, 0.717) is 24.8 Å². The number of halogens is 5. The number of hydrogen-bond donors (Lipinski definition) is 3. The van der Waals surface area contributed by atoms with E-state index in [1.165, 1.54) is 23.2 Å². The van der Waals surface area contributed by atoms with E-state index in [2.05, 4.69) is 20.0 Å². The van der Waals surface area contributed by atoms with Gasteiger partial charge in [-0.3, -0.25) is 9.52 Å². The smallest absolute Gasteiger partial charge is 0.379 e. The van der Waals surface area contributed by atoms with E-state index >= 15 is 4.39 Å². The van der Waals surface area contributed by atoms with Crippen LogP contribution in [0.1, 0.15) is 50.2 Å². The van der Waals surface area contributed by atoms with Crippen LogP contribution in [0.25, 0.3) is 0 Å². The molecule has 4 rings (SSSR count). The van der Waals surface area contributed by atoms with Gasteiger partial charge in [-0.2, -0.15) is 13.2 Å². The van der Waals surface area contributed by atoms with Gasteiger partial charge in [0.05, 0.1) is 28.4 Å². The lowest BCUT2D eigenvalue weighted by Crippen LogP contribution is -2.55. The minimum Gasteiger partial charge on any atom is -0.379 e. The molecular weight excluding hydrogens is 624 g/mol. The predicted octanol–water partition coefficient (Wildman–Crippen LogP) is 5.65. The highest BCUT2D eigenvalue weighted by Gasteiger charge is 2.39. The number of carbonyl (C=O) groups is 1. The average Bonchev–Trinajstić information content (AvgIpc) is 2.97. The van der Waals surface area contributed by atoms with Crippen LogP contribution in [0.2, 0.25) is 5.02 Å². The quantitative estimate of drug-likeness (QED) is 0.254. The molecule has 0 saturated heterocycles. The van der Waals surface area contributed by atoms with Gasteiger partial charge in [0.15, 0.2) is 0 Å². The average molecular weight is 657 g/mol. The van der Waals surface area contributed by atoms with E-state index in [1.54, 1.807) is 27.0 Å². The van der Waals surface area contributed by atoms with Gasteiger partial charge in [0.1, 0.15) is 22.9 Å². The van der Waals surface area contributed by atoms with Gasteiger partial charge in [0.25, 0.3) is 10.0 Å². The van der Waals surface area contributed by atoms with Crippen LogP contribution in [0.3, 0.4) is 0 Å². The Kier molecular flexibility index (Phi) is 10.1. The molecule has 0 radical (unpaired) electrons. The van der Waals surface area contributed by atoms with Crippen molar-refractivity contribution in [2.45, 2.75) is 68.2 Å². The van der Waals surface area contributed by atoms with Crippen molar-refractivity contribution in [3.05, 3.63) is 77.0 Å². The van der Waals surface area contributed by atoms with Gasteiger partial charge < -0.3 is 16.0 Å². The van der Waals surface area contributed by atoms with Crippen molar-refractivity contribution in [1.82, 2.24) is 14.9 Å². The lowest BCUT2D eigenvalue weighted by molar-refractivity contribution is -0.137. The van der Waals surface area contributed by atoms with Gasteiger partial charge in [0, 0.05) is 19.3 Å². The summed E-state index contributed by atoms with van der Waals surface area (Å²) in [5.41, 5.74) is 5.98. The summed E-state index contributed by atoms with van der Waals surface area (Å²) in [5.74, 6) is -1.98. The van der Waals surface area contributed by atoms with Crippen LogP contribution >= 0.6 is 11.6 Å². The number of sulfonamides is 1. The summed E-state index contributed by atoms with van der Waals surface area (Å²) < 4.78 is 83.4. The van der Waals surface area contributed by atoms with Crippen molar-refractivity contribution in [3.8, 4) is 0 Å². The number of likely N-dealkylation sites (N-methyl/N-ethyl adjacent to an activating group) is 1. The van der Waals surface area contributed by atoms with Crippen LogP contribution in [0.4, 0.5) is 29.1 Å². The summed E-state index contributed by atoms with van der Waals surface area (Å²) in [6.07, 6.45) is -0.925. The second kappa shape index (κ2) is 13.2. The zero-order valence-corrected chi connectivity index (χ0v) is 25.7. The van der Waals surface area contributed by atoms with Gasteiger partial charge >= 0.3 is 6.18 Å². The van der Waals surface area contributed by atoms with Crippen LogP contribution in [0.5, 0.6) is 0 Å². The molecule has 1 aromatic heterocycles. The molecule has 2 aromatic carbocycles. The Balaban J connectivity index is 1.63. The number of anilines is 2. The topological polar surface area (TPSA) is 130 Å². The Hall–Kier alpha value is -3.49. The Morgan fingerprint density at radius 2 is 1.89 bits per heavy atom. The molecule has 3 aromatic rings. The fourth-order valence-corrected chi connectivity index (χ4v) is 6.66. The summed E-state index contributed by atoms with van der Waals surface area (Å²) in [6.45, 7) is 3.60. The number of nitrogens with two attached hydrogens (primary N) is 1. The first-order valence-corrected chi connectivity index (χ1v) is 15.7. The molecule has 1 fully saturated rings. The first-order chi connectivity index (χ1) is 20.6. The van der Waals surface area contributed by atoms with Crippen molar-refractivity contribution in [2.24, 2.45) is 11.7 Å². The molecule has 0 aliphatic heterocycles. The van der Waals surface area contributed by atoms with Gasteiger partial charge in [-0.15, -0.1) is 0 Å². The fraction of sp³-hybridized carbons (Fsp3) is 0.414. The second-order valence-electron chi connectivity index (χ2n) is 11.1. The number of alkyl halides is 3. The number of aromatic nitrogens is 2. The summed E-state index contributed by atoms with van der Waals surface area (Å²) >= 11 is 6.44. The number of benzene rings is 2. The Bertz CT molecular complexity index is 1590. The van der Waals surface area contributed by atoms with Crippen molar-refractivity contribution in [3.63, 3.8) is 0 Å². The van der Waals surface area contributed by atoms with E-state index in [9.17, 15) is 26.4 Å². The molecule has 44 heavy (non-hydrogen) atoms. The van der Waals surface area contributed by atoms with Crippen molar-refractivity contribution in [2.75, 3.05) is 17.1 Å². The number of rotatable bonds is 9. The van der Waals surface area contributed by atoms with Gasteiger partial charge in [-0.25, -0.2) is 22.8 Å². The number of carbonyl (C=O) groups excluding carboxylic acids is 1. The van der Waals surface area contributed by atoms with Crippen molar-refractivity contribution in [1.29, 1.82) is 0 Å². The summed E-state index contributed by atoms with van der Waals surface area (Å²) in [6, 6.07) is 6.45. The minimum absolute atomic E-state index is 0.0644. The van der Waals surface area contributed by atoms with E-state index < -0.39 is 50.6 Å². The summed E-state index contributed by atoms with van der Waals surface area (Å²) in [5, 5.41) is 3.06. The van der Waals surface area contributed by atoms with Crippen LogP contribution in [-0.2, 0) is 21.0 Å². The zero-order valence-electron chi connectivity index (χ0n) is 24.1. The van der Waals surface area contributed by atoms with Crippen LogP contribution in [0.15, 0.2) is 59.9 Å². The Morgan fingerprint density at radius 3 is 2.52 bits per heavy atom. The maximum Gasteiger partial charge on any atom is 0.416 e. The molecule has 0 bridgehead atoms. The molecule has 1 unspecified atom stereocenters. The highest BCUT2D eigenvalue weighted by molar-refractivity contribution is 7.92. The molecule has 4 atom stereocenters. The molecule has 1 aliphatic carbocycles. The minimum atomic E-state index is -4.50. The van der Waals surface area contributed by atoms with Gasteiger partial charge in [0.2, 0.25) is 5.91 Å². The Morgan fingerprint density at radius 1 is 1.16 bits per heavy atom. The maximum atomic E-state index is 15.3. The molecular formula is C29H33ClF4N6O3S. The third-order valence-corrected chi connectivity index (χ3v) is 9.51. The lowest BCUT2D eigenvalue weighted by Gasteiger charge is -2.43. The first-order valence-electron chi connectivity index (χ1n) is 13.8. The number of amides is 1. The van der Waals surface area contributed by atoms with Crippen LogP contribution in [-0.4, -0.2) is 54.4 Å². The number of nitrogens with one attached hydrogen (secondary N) is 2. The monoisotopic (exact) mass is 656 g/mol. The van der Waals surface area contributed by atoms with Crippen molar-refractivity contribution < 1.29 is 30.8 Å². The second-order valence-corrected chi connectivity index (χ2v) is 13.2. The fourth-order valence-electron chi connectivity index (χ4n) is 5.29. The molecule has 0 spiro atoms. The highest BCUT2D eigenvalue weighted by Crippen LogP contribution is 2.40.